The first-order chi connectivity index (χ1) is 14.7. The lowest BCUT2D eigenvalue weighted by molar-refractivity contribution is 0.102. The van der Waals surface area contributed by atoms with Crippen LogP contribution in [-0.2, 0) is 0 Å². The van der Waals surface area contributed by atoms with Gasteiger partial charge in [0.15, 0.2) is 0 Å². The summed E-state index contributed by atoms with van der Waals surface area (Å²) in [6, 6.07) is 22.6. The van der Waals surface area contributed by atoms with Gasteiger partial charge in [-0.05, 0) is 59.0 Å². The van der Waals surface area contributed by atoms with Crippen molar-refractivity contribution in [2.75, 3.05) is 16.0 Å². The van der Waals surface area contributed by atoms with E-state index in [4.69, 9.17) is 0 Å². The maximum Gasteiger partial charge on any atom is 0.323 e. The summed E-state index contributed by atoms with van der Waals surface area (Å²) in [5, 5.41) is 19.4. The third-order valence-electron chi connectivity index (χ3n) is 4.18. The molecule has 0 saturated carbocycles. The summed E-state index contributed by atoms with van der Waals surface area (Å²) in [7, 11) is 0. The molecule has 0 atom stereocenters. The Bertz CT molecular complexity index is 1140. The van der Waals surface area contributed by atoms with E-state index in [0.29, 0.717) is 28.3 Å². The van der Waals surface area contributed by atoms with Crippen molar-refractivity contribution in [3.05, 3.63) is 90.8 Å². The number of aromatic nitrogens is 4. The molecule has 9 heteroatoms. The van der Waals surface area contributed by atoms with Crippen molar-refractivity contribution in [3.8, 4) is 5.69 Å². The minimum Gasteiger partial charge on any atom is -0.322 e. The van der Waals surface area contributed by atoms with E-state index in [2.05, 4.69) is 31.5 Å². The third-order valence-corrected chi connectivity index (χ3v) is 4.18. The highest BCUT2D eigenvalue weighted by Gasteiger charge is 2.13. The SMILES string of the molecule is O=C(Nc1ccccc1)Nc1ccc(NC(=O)c2ccccc2-n2cnnn2)cc1. The molecule has 0 bridgehead atoms. The Labute approximate surface area is 171 Å². The fourth-order valence-electron chi connectivity index (χ4n) is 2.79. The van der Waals surface area contributed by atoms with Crippen molar-refractivity contribution in [2.45, 2.75) is 0 Å². The maximum atomic E-state index is 12.7. The van der Waals surface area contributed by atoms with Gasteiger partial charge in [0.2, 0.25) is 0 Å². The number of urea groups is 1. The molecule has 0 aliphatic carbocycles. The first-order valence-electron chi connectivity index (χ1n) is 9.06. The second kappa shape index (κ2) is 8.65. The van der Waals surface area contributed by atoms with Gasteiger partial charge in [-0.25, -0.2) is 4.79 Å². The van der Waals surface area contributed by atoms with Gasteiger partial charge in [-0.15, -0.1) is 5.10 Å². The highest BCUT2D eigenvalue weighted by molar-refractivity contribution is 6.07. The first-order valence-corrected chi connectivity index (χ1v) is 9.06. The Morgan fingerprint density at radius 2 is 1.30 bits per heavy atom. The fraction of sp³-hybridized carbons (Fsp3) is 0. The fourth-order valence-corrected chi connectivity index (χ4v) is 2.79. The second-order valence-electron chi connectivity index (χ2n) is 6.25. The molecular formula is C21H17N7O2. The van der Waals surface area contributed by atoms with E-state index in [1.165, 1.54) is 11.0 Å². The summed E-state index contributed by atoms with van der Waals surface area (Å²) in [4.78, 5) is 24.8. The number of hydrogen-bond donors (Lipinski definition) is 3. The number of nitrogens with one attached hydrogen (secondary N) is 3. The normalized spacial score (nSPS) is 10.3. The molecule has 0 saturated heterocycles. The number of rotatable bonds is 5. The van der Waals surface area contributed by atoms with Gasteiger partial charge in [0.1, 0.15) is 6.33 Å². The first kappa shape index (κ1) is 18.8. The van der Waals surface area contributed by atoms with E-state index in [1.54, 1.807) is 60.7 Å². The molecule has 0 radical (unpaired) electrons. The van der Waals surface area contributed by atoms with Crippen molar-refractivity contribution in [3.63, 3.8) is 0 Å². The van der Waals surface area contributed by atoms with Crippen molar-refractivity contribution in [2.24, 2.45) is 0 Å². The monoisotopic (exact) mass is 399 g/mol. The van der Waals surface area contributed by atoms with Crippen LogP contribution in [0.15, 0.2) is 85.2 Å². The average Bonchev–Trinajstić information content (AvgIpc) is 3.30. The van der Waals surface area contributed by atoms with Gasteiger partial charge in [0.05, 0.1) is 11.3 Å². The molecule has 30 heavy (non-hydrogen) atoms. The molecular weight excluding hydrogens is 382 g/mol. The quantitative estimate of drug-likeness (QED) is 0.475. The number of carbonyl (C=O) groups excluding carboxylic acids is 2. The third kappa shape index (κ3) is 4.47. The highest BCUT2D eigenvalue weighted by atomic mass is 16.2. The number of amides is 3. The molecule has 3 amide bonds. The van der Waals surface area contributed by atoms with Crippen LogP contribution in [0.2, 0.25) is 0 Å². The van der Waals surface area contributed by atoms with Crippen molar-refractivity contribution < 1.29 is 9.59 Å². The van der Waals surface area contributed by atoms with Gasteiger partial charge in [0, 0.05) is 17.1 Å². The zero-order valence-corrected chi connectivity index (χ0v) is 15.7. The Morgan fingerprint density at radius 1 is 0.700 bits per heavy atom. The van der Waals surface area contributed by atoms with Crippen LogP contribution in [0, 0.1) is 0 Å². The summed E-state index contributed by atoms with van der Waals surface area (Å²) in [6.07, 6.45) is 1.42. The molecule has 0 unspecified atom stereocenters. The predicted molar refractivity (Wildman–Crippen MR) is 113 cm³/mol. The molecule has 4 rings (SSSR count). The van der Waals surface area contributed by atoms with E-state index < -0.39 is 0 Å². The van der Waals surface area contributed by atoms with E-state index in [0.717, 1.165) is 0 Å². The van der Waals surface area contributed by atoms with Crippen LogP contribution in [0.3, 0.4) is 0 Å². The number of tetrazole rings is 1. The Balaban J connectivity index is 1.41. The van der Waals surface area contributed by atoms with Crippen LogP contribution in [0.25, 0.3) is 5.69 Å². The Morgan fingerprint density at radius 3 is 1.97 bits per heavy atom. The van der Waals surface area contributed by atoms with Crippen LogP contribution in [0.4, 0.5) is 21.9 Å². The van der Waals surface area contributed by atoms with Crippen molar-refractivity contribution >= 4 is 29.0 Å². The van der Waals surface area contributed by atoms with E-state index in [9.17, 15) is 9.59 Å². The zero-order chi connectivity index (χ0) is 20.8. The van der Waals surface area contributed by atoms with E-state index in [1.807, 2.05) is 18.2 Å². The topological polar surface area (TPSA) is 114 Å². The molecule has 3 N–H and O–H groups in total. The number of para-hydroxylation sites is 2. The number of hydrogen-bond acceptors (Lipinski definition) is 5. The summed E-state index contributed by atoms with van der Waals surface area (Å²) in [5.41, 5.74) is 2.86. The molecule has 0 fully saturated rings. The standard InChI is InChI=1S/C21H17N7O2/c29-20(18-8-4-5-9-19(18)28-14-22-26-27-28)23-16-10-12-17(13-11-16)25-21(30)24-15-6-2-1-3-7-15/h1-14H,(H,23,29)(H2,24,25,30). The molecule has 1 heterocycles. The van der Waals surface area contributed by atoms with Crippen molar-refractivity contribution in [1.82, 2.24) is 20.2 Å². The largest absolute Gasteiger partial charge is 0.323 e. The Hall–Kier alpha value is -4.53. The second-order valence-corrected chi connectivity index (χ2v) is 6.25. The van der Waals surface area contributed by atoms with Gasteiger partial charge in [-0.3, -0.25) is 4.79 Å². The molecule has 1 aromatic heterocycles. The van der Waals surface area contributed by atoms with Crippen molar-refractivity contribution in [1.29, 1.82) is 0 Å². The molecule has 0 spiro atoms. The van der Waals surface area contributed by atoms with Gasteiger partial charge >= 0.3 is 6.03 Å². The molecule has 3 aromatic carbocycles. The van der Waals surface area contributed by atoms with E-state index >= 15 is 0 Å². The van der Waals surface area contributed by atoms with E-state index in [-0.39, 0.29) is 11.9 Å². The molecule has 148 valence electrons. The average molecular weight is 399 g/mol. The molecule has 0 aliphatic heterocycles. The van der Waals surface area contributed by atoms with Gasteiger partial charge in [0.25, 0.3) is 5.91 Å². The molecule has 9 nitrogen and oxygen atoms in total. The number of nitrogens with zero attached hydrogens (tertiary/aromatic N) is 4. The van der Waals surface area contributed by atoms with Crippen LogP contribution in [-0.4, -0.2) is 32.1 Å². The molecule has 0 aliphatic rings. The number of benzene rings is 3. The van der Waals surface area contributed by atoms with Crippen LogP contribution in [0.5, 0.6) is 0 Å². The zero-order valence-electron chi connectivity index (χ0n) is 15.7. The number of anilines is 3. The van der Waals surface area contributed by atoms with Crippen LogP contribution >= 0.6 is 0 Å². The lowest BCUT2D eigenvalue weighted by Crippen LogP contribution is -2.19. The lowest BCUT2D eigenvalue weighted by Gasteiger charge is -2.11. The van der Waals surface area contributed by atoms with Gasteiger partial charge < -0.3 is 16.0 Å². The smallest absolute Gasteiger partial charge is 0.322 e. The summed E-state index contributed by atoms with van der Waals surface area (Å²) < 4.78 is 1.42. The highest BCUT2D eigenvalue weighted by Crippen LogP contribution is 2.18. The molecule has 4 aromatic rings. The maximum absolute atomic E-state index is 12.7. The minimum absolute atomic E-state index is 0.302. The minimum atomic E-state index is -0.353. The predicted octanol–water partition coefficient (Wildman–Crippen LogP) is 3.56. The summed E-state index contributed by atoms with van der Waals surface area (Å²) in [5.74, 6) is -0.302. The lowest BCUT2D eigenvalue weighted by atomic mass is 10.1. The van der Waals surface area contributed by atoms with Crippen LogP contribution in [0.1, 0.15) is 10.4 Å². The number of carbonyl (C=O) groups is 2. The van der Waals surface area contributed by atoms with Gasteiger partial charge in [-0.1, -0.05) is 30.3 Å². The Kier molecular flexibility index (Phi) is 5.43. The summed E-state index contributed by atoms with van der Waals surface area (Å²) >= 11 is 0. The van der Waals surface area contributed by atoms with Crippen LogP contribution < -0.4 is 16.0 Å². The summed E-state index contributed by atoms with van der Waals surface area (Å²) in [6.45, 7) is 0. The van der Waals surface area contributed by atoms with Gasteiger partial charge in [-0.2, -0.15) is 4.68 Å².